The molecule has 0 spiro atoms. The molecule has 5 rings (SSSR count). The lowest BCUT2D eigenvalue weighted by molar-refractivity contribution is -0.113. The van der Waals surface area contributed by atoms with Gasteiger partial charge < -0.3 is 24.8 Å². The van der Waals surface area contributed by atoms with Gasteiger partial charge in [-0.1, -0.05) is 45.3 Å². The summed E-state index contributed by atoms with van der Waals surface area (Å²) in [5.74, 6) is 1.77. The monoisotopic (exact) mass is 682 g/mol. The molecule has 10 nitrogen and oxygen atoms in total. The Morgan fingerprint density at radius 3 is 2.49 bits per heavy atom. The maximum absolute atomic E-state index is 13.9. The number of para-hydroxylation sites is 2. The van der Waals surface area contributed by atoms with E-state index in [2.05, 4.69) is 58.0 Å². The fraction of sp³-hybridized carbons (Fsp3) is 0.241. The van der Waals surface area contributed by atoms with Crippen LogP contribution in [0.2, 0.25) is 0 Å². The summed E-state index contributed by atoms with van der Waals surface area (Å²) in [7, 11) is 0. The smallest absolute Gasteiger partial charge is 0.255 e. The Labute approximate surface area is 254 Å². The summed E-state index contributed by atoms with van der Waals surface area (Å²) < 4.78 is 21.2. The summed E-state index contributed by atoms with van der Waals surface area (Å²) in [6.45, 7) is 6.86. The number of ether oxygens (including phenoxy) is 3. The van der Waals surface area contributed by atoms with E-state index in [4.69, 9.17) is 14.2 Å². The predicted molar refractivity (Wildman–Crippen MR) is 162 cm³/mol. The predicted octanol–water partition coefficient (Wildman–Crippen LogP) is 6.50. The Bertz CT molecular complexity index is 1590. The van der Waals surface area contributed by atoms with Gasteiger partial charge in [0.2, 0.25) is 5.95 Å². The van der Waals surface area contributed by atoms with E-state index in [1.807, 2.05) is 75.4 Å². The van der Waals surface area contributed by atoms with Gasteiger partial charge in [-0.25, -0.2) is 0 Å². The number of carbonyl (C=O) groups excluding carboxylic acids is 1. The van der Waals surface area contributed by atoms with Crippen LogP contribution in [-0.2, 0) is 11.4 Å². The lowest BCUT2D eigenvalue weighted by Gasteiger charge is -2.29. The van der Waals surface area contributed by atoms with Crippen LogP contribution in [0.15, 0.2) is 80.9 Å². The van der Waals surface area contributed by atoms with Gasteiger partial charge >= 0.3 is 0 Å². The molecule has 2 N–H and O–H groups in total. The number of aromatic nitrogens is 4. The molecule has 1 aliphatic heterocycles. The van der Waals surface area contributed by atoms with E-state index in [-0.39, 0.29) is 5.91 Å². The number of carbonyl (C=O) groups is 1. The number of nitrogens with one attached hydrogen (secondary N) is 2. The van der Waals surface area contributed by atoms with Crippen LogP contribution in [0.3, 0.4) is 0 Å². The Kier molecular flexibility index (Phi) is 8.89. The second-order valence-corrected chi connectivity index (χ2v) is 10.8. The molecule has 1 amide bonds. The number of tetrazole rings is 1. The maximum atomic E-state index is 13.9. The van der Waals surface area contributed by atoms with Gasteiger partial charge in [-0.2, -0.15) is 4.68 Å². The Balaban J connectivity index is 1.52. The van der Waals surface area contributed by atoms with Gasteiger partial charge in [-0.05, 0) is 94.7 Å². The van der Waals surface area contributed by atoms with Gasteiger partial charge in [0.1, 0.15) is 18.4 Å². The molecular weight excluding hydrogens is 656 g/mol. The molecule has 0 radical (unpaired) electrons. The molecule has 1 unspecified atom stereocenters. The van der Waals surface area contributed by atoms with Crippen molar-refractivity contribution in [3.05, 3.63) is 92.0 Å². The molecule has 0 saturated heterocycles. The SMILES string of the molecule is CCOc1ccccc1NC(=O)C1=C(C)Nc2nnnn2C1c1cc(Br)c(OCc2ccc(Br)cc2)c(OCC)c1. The second-order valence-electron chi connectivity index (χ2n) is 9.07. The van der Waals surface area contributed by atoms with Crippen LogP contribution < -0.4 is 24.8 Å². The lowest BCUT2D eigenvalue weighted by Crippen LogP contribution is -2.31. The first-order chi connectivity index (χ1) is 19.9. The molecule has 1 aromatic heterocycles. The second kappa shape index (κ2) is 12.7. The van der Waals surface area contributed by atoms with Crippen molar-refractivity contribution in [2.24, 2.45) is 0 Å². The van der Waals surface area contributed by atoms with Gasteiger partial charge in [-0.15, -0.1) is 0 Å². The maximum Gasteiger partial charge on any atom is 0.255 e. The molecule has 0 fully saturated rings. The summed E-state index contributed by atoms with van der Waals surface area (Å²) >= 11 is 7.14. The fourth-order valence-electron chi connectivity index (χ4n) is 4.54. The molecule has 0 saturated carbocycles. The highest BCUT2D eigenvalue weighted by Crippen LogP contribution is 2.43. The van der Waals surface area contributed by atoms with Gasteiger partial charge in [-0.3, -0.25) is 4.79 Å². The number of amides is 1. The van der Waals surface area contributed by atoms with E-state index in [0.29, 0.717) is 64.4 Å². The highest BCUT2D eigenvalue weighted by Gasteiger charge is 2.35. The third-order valence-electron chi connectivity index (χ3n) is 6.34. The minimum absolute atomic E-state index is 0.321. The molecule has 41 heavy (non-hydrogen) atoms. The van der Waals surface area contributed by atoms with Crippen molar-refractivity contribution < 1.29 is 19.0 Å². The molecular formula is C29H28Br2N6O4. The van der Waals surface area contributed by atoms with E-state index in [0.717, 1.165) is 15.6 Å². The molecule has 2 heterocycles. The fourth-order valence-corrected chi connectivity index (χ4v) is 5.38. The van der Waals surface area contributed by atoms with Crippen LogP contribution in [0.25, 0.3) is 0 Å². The van der Waals surface area contributed by atoms with Gasteiger partial charge in [0.05, 0.1) is 28.9 Å². The van der Waals surface area contributed by atoms with Crippen molar-refractivity contribution >= 4 is 49.4 Å². The number of hydrogen-bond donors (Lipinski definition) is 2. The van der Waals surface area contributed by atoms with E-state index in [1.54, 1.807) is 10.7 Å². The van der Waals surface area contributed by atoms with Crippen LogP contribution in [-0.4, -0.2) is 39.3 Å². The van der Waals surface area contributed by atoms with Gasteiger partial charge in [0.15, 0.2) is 11.5 Å². The number of halogens is 2. The zero-order chi connectivity index (χ0) is 28.9. The average Bonchev–Trinajstić information content (AvgIpc) is 3.42. The third-order valence-corrected chi connectivity index (χ3v) is 7.46. The molecule has 0 aliphatic carbocycles. The minimum atomic E-state index is -0.656. The summed E-state index contributed by atoms with van der Waals surface area (Å²) in [6.07, 6.45) is 0. The molecule has 1 aliphatic rings. The van der Waals surface area contributed by atoms with Crippen molar-refractivity contribution in [2.75, 3.05) is 23.8 Å². The van der Waals surface area contributed by atoms with Crippen LogP contribution in [0.4, 0.5) is 11.6 Å². The van der Waals surface area contributed by atoms with Crippen molar-refractivity contribution in [2.45, 2.75) is 33.4 Å². The molecule has 0 bridgehead atoms. The quantitative estimate of drug-likeness (QED) is 0.195. The number of anilines is 2. The van der Waals surface area contributed by atoms with E-state index >= 15 is 0 Å². The van der Waals surface area contributed by atoms with Crippen molar-refractivity contribution in [1.29, 1.82) is 0 Å². The van der Waals surface area contributed by atoms with Crippen molar-refractivity contribution in [1.82, 2.24) is 20.2 Å². The standard InChI is InChI=1S/C29H28Br2N6O4/c1-4-39-23-9-7-6-8-22(23)33-28(38)25-17(3)32-29-34-35-36-37(29)26(25)19-14-21(31)27(24(15-19)40-5-2)41-16-18-10-12-20(30)13-11-18/h6-15,26H,4-5,16H2,1-3H3,(H,33,38)(H,32,34,36). The van der Waals surface area contributed by atoms with Crippen LogP contribution in [0.1, 0.15) is 37.9 Å². The topological polar surface area (TPSA) is 112 Å². The Morgan fingerprint density at radius 2 is 1.73 bits per heavy atom. The van der Waals surface area contributed by atoms with Crippen molar-refractivity contribution in [3.63, 3.8) is 0 Å². The molecule has 3 aromatic carbocycles. The zero-order valence-electron chi connectivity index (χ0n) is 22.6. The molecule has 4 aromatic rings. The summed E-state index contributed by atoms with van der Waals surface area (Å²) in [5, 5.41) is 18.3. The Hall–Kier alpha value is -3.90. The molecule has 1 atom stereocenters. The van der Waals surface area contributed by atoms with Crippen molar-refractivity contribution in [3.8, 4) is 17.2 Å². The summed E-state index contributed by atoms with van der Waals surface area (Å²) in [5.41, 5.74) is 3.36. The molecule has 212 valence electrons. The van der Waals surface area contributed by atoms with Crippen LogP contribution >= 0.6 is 31.9 Å². The normalized spacial score (nSPS) is 14.2. The van der Waals surface area contributed by atoms with Crippen LogP contribution in [0, 0.1) is 0 Å². The number of hydrogen-bond acceptors (Lipinski definition) is 8. The largest absolute Gasteiger partial charge is 0.492 e. The number of fused-ring (bicyclic) bond motifs is 1. The minimum Gasteiger partial charge on any atom is -0.492 e. The zero-order valence-corrected chi connectivity index (χ0v) is 25.8. The summed E-state index contributed by atoms with van der Waals surface area (Å²) in [4.78, 5) is 13.9. The highest BCUT2D eigenvalue weighted by atomic mass is 79.9. The highest BCUT2D eigenvalue weighted by molar-refractivity contribution is 9.10. The van der Waals surface area contributed by atoms with E-state index < -0.39 is 6.04 Å². The Morgan fingerprint density at radius 1 is 1.00 bits per heavy atom. The van der Waals surface area contributed by atoms with E-state index in [1.165, 1.54) is 0 Å². The molecule has 12 heteroatoms. The number of rotatable bonds is 10. The van der Waals surface area contributed by atoms with Gasteiger partial charge in [0, 0.05) is 10.2 Å². The first-order valence-electron chi connectivity index (χ1n) is 13.0. The average molecular weight is 684 g/mol. The van der Waals surface area contributed by atoms with Gasteiger partial charge in [0.25, 0.3) is 5.91 Å². The first kappa shape index (κ1) is 28.6. The number of nitrogens with zero attached hydrogens (tertiary/aromatic N) is 4. The number of benzene rings is 3. The summed E-state index contributed by atoms with van der Waals surface area (Å²) in [6, 6.07) is 18.3. The van der Waals surface area contributed by atoms with E-state index in [9.17, 15) is 4.79 Å². The lowest BCUT2D eigenvalue weighted by atomic mass is 9.94. The van der Waals surface area contributed by atoms with Crippen LogP contribution in [0.5, 0.6) is 17.2 Å². The number of allylic oxidation sites excluding steroid dienone is 1. The first-order valence-corrected chi connectivity index (χ1v) is 14.6. The third kappa shape index (κ3) is 6.23.